The Labute approximate surface area is 102 Å². The third kappa shape index (κ3) is 2.98. The van der Waals surface area contributed by atoms with E-state index in [-0.39, 0.29) is 12.6 Å². The monoisotopic (exact) mass is 251 g/mol. The van der Waals surface area contributed by atoms with E-state index in [0.717, 1.165) is 12.4 Å². The zero-order valence-corrected chi connectivity index (χ0v) is 9.35. The van der Waals surface area contributed by atoms with Crippen LogP contribution in [0.5, 0.6) is 0 Å². The zero-order chi connectivity index (χ0) is 13.0. The van der Waals surface area contributed by atoms with E-state index in [0.29, 0.717) is 5.56 Å². The summed E-state index contributed by atoms with van der Waals surface area (Å²) in [5.74, 6) is -0.778. The lowest BCUT2D eigenvalue weighted by atomic mass is 10.1. The molecule has 0 fully saturated rings. The molecule has 2 N–H and O–H groups in total. The Morgan fingerprint density at radius 3 is 2.50 bits per heavy atom. The van der Waals surface area contributed by atoms with Gasteiger partial charge in [-0.2, -0.15) is 0 Å². The van der Waals surface area contributed by atoms with Crippen LogP contribution in [0.15, 0.2) is 36.7 Å². The SMILES string of the molecule is OCC(Nc1ncc(F)cn1)c1cccc(F)c1. The van der Waals surface area contributed by atoms with E-state index in [2.05, 4.69) is 15.3 Å². The average molecular weight is 251 g/mol. The van der Waals surface area contributed by atoms with Crippen LogP contribution in [0.25, 0.3) is 0 Å². The van der Waals surface area contributed by atoms with Crippen LogP contribution >= 0.6 is 0 Å². The highest BCUT2D eigenvalue weighted by molar-refractivity contribution is 5.31. The number of hydrogen-bond donors (Lipinski definition) is 2. The molecule has 2 rings (SSSR count). The summed E-state index contributed by atoms with van der Waals surface area (Å²) < 4.78 is 25.7. The summed E-state index contributed by atoms with van der Waals surface area (Å²) in [7, 11) is 0. The average Bonchev–Trinajstić information content (AvgIpc) is 2.38. The Kier molecular flexibility index (Phi) is 3.78. The van der Waals surface area contributed by atoms with E-state index in [1.807, 2.05) is 0 Å². The van der Waals surface area contributed by atoms with Crippen molar-refractivity contribution in [1.82, 2.24) is 9.97 Å². The van der Waals surface area contributed by atoms with E-state index in [1.165, 1.54) is 12.1 Å². The van der Waals surface area contributed by atoms with Crippen LogP contribution in [-0.2, 0) is 0 Å². The van der Waals surface area contributed by atoms with Gasteiger partial charge in [0, 0.05) is 0 Å². The molecule has 0 radical (unpaired) electrons. The van der Waals surface area contributed by atoms with Gasteiger partial charge in [0.15, 0.2) is 5.82 Å². The zero-order valence-electron chi connectivity index (χ0n) is 9.35. The van der Waals surface area contributed by atoms with E-state index in [9.17, 15) is 13.9 Å². The number of hydrogen-bond acceptors (Lipinski definition) is 4. The lowest BCUT2D eigenvalue weighted by Gasteiger charge is -2.16. The molecule has 0 bridgehead atoms. The molecule has 1 aromatic heterocycles. The van der Waals surface area contributed by atoms with Gasteiger partial charge in [-0.05, 0) is 17.7 Å². The number of benzene rings is 1. The molecule has 0 aliphatic heterocycles. The van der Waals surface area contributed by atoms with Crippen LogP contribution in [-0.4, -0.2) is 21.7 Å². The number of rotatable bonds is 4. The fourth-order valence-electron chi connectivity index (χ4n) is 1.50. The van der Waals surface area contributed by atoms with Gasteiger partial charge in [-0.25, -0.2) is 18.7 Å². The van der Waals surface area contributed by atoms with Gasteiger partial charge in [-0.1, -0.05) is 12.1 Å². The van der Waals surface area contributed by atoms with Gasteiger partial charge in [-0.3, -0.25) is 0 Å². The molecule has 6 heteroatoms. The Morgan fingerprint density at radius 2 is 1.89 bits per heavy atom. The molecule has 18 heavy (non-hydrogen) atoms. The molecule has 0 saturated carbocycles. The van der Waals surface area contributed by atoms with Gasteiger partial charge in [0.2, 0.25) is 5.95 Å². The maximum absolute atomic E-state index is 13.1. The molecule has 1 unspecified atom stereocenters. The first kappa shape index (κ1) is 12.4. The van der Waals surface area contributed by atoms with Crippen molar-refractivity contribution in [3.05, 3.63) is 53.9 Å². The quantitative estimate of drug-likeness (QED) is 0.871. The van der Waals surface area contributed by atoms with E-state index in [4.69, 9.17) is 0 Å². The molecule has 94 valence electrons. The highest BCUT2D eigenvalue weighted by atomic mass is 19.1. The molecular weight excluding hydrogens is 240 g/mol. The van der Waals surface area contributed by atoms with E-state index in [1.54, 1.807) is 12.1 Å². The number of aliphatic hydroxyl groups is 1. The molecule has 0 aliphatic carbocycles. The summed E-state index contributed by atoms with van der Waals surface area (Å²) in [6, 6.07) is 5.27. The summed E-state index contributed by atoms with van der Waals surface area (Å²) in [5, 5.41) is 12.1. The molecule has 1 atom stereocenters. The normalized spacial score (nSPS) is 12.2. The van der Waals surface area contributed by atoms with Gasteiger partial charge in [0.1, 0.15) is 5.82 Å². The van der Waals surface area contributed by atoms with Crippen LogP contribution in [0.3, 0.4) is 0 Å². The maximum Gasteiger partial charge on any atom is 0.223 e. The van der Waals surface area contributed by atoms with Crippen LogP contribution in [0.1, 0.15) is 11.6 Å². The standard InChI is InChI=1S/C12H11F2N3O/c13-9-3-1-2-8(4-9)11(7-18)17-12-15-5-10(14)6-16-12/h1-6,11,18H,7H2,(H,15,16,17). The fraction of sp³-hybridized carbons (Fsp3) is 0.167. The summed E-state index contributed by atoms with van der Waals surface area (Å²) in [6.45, 7) is -0.260. The lowest BCUT2D eigenvalue weighted by molar-refractivity contribution is 0.275. The van der Waals surface area contributed by atoms with Crippen LogP contribution < -0.4 is 5.32 Å². The summed E-state index contributed by atoms with van der Waals surface area (Å²) in [6.07, 6.45) is 2.02. The Bertz CT molecular complexity index is 519. The predicted molar refractivity (Wildman–Crippen MR) is 61.8 cm³/mol. The van der Waals surface area contributed by atoms with Gasteiger partial charge < -0.3 is 10.4 Å². The van der Waals surface area contributed by atoms with Gasteiger partial charge in [0.05, 0.1) is 25.0 Å². The lowest BCUT2D eigenvalue weighted by Crippen LogP contribution is -2.16. The minimum Gasteiger partial charge on any atom is -0.394 e. The molecule has 1 heterocycles. The first-order chi connectivity index (χ1) is 8.69. The maximum atomic E-state index is 13.1. The van der Waals surface area contributed by atoms with Crippen molar-refractivity contribution in [2.45, 2.75) is 6.04 Å². The minimum atomic E-state index is -0.550. The molecule has 0 aliphatic rings. The number of halogens is 2. The fourth-order valence-corrected chi connectivity index (χ4v) is 1.50. The number of nitrogens with zero attached hydrogens (tertiary/aromatic N) is 2. The van der Waals surface area contributed by atoms with Crippen LogP contribution in [0.2, 0.25) is 0 Å². The minimum absolute atomic E-state index is 0.166. The van der Waals surface area contributed by atoms with E-state index >= 15 is 0 Å². The highest BCUT2D eigenvalue weighted by Gasteiger charge is 2.12. The Hall–Kier alpha value is -2.08. The van der Waals surface area contributed by atoms with Crippen LogP contribution in [0.4, 0.5) is 14.7 Å². The largest absolute Gasteiger partial charge is 0.394 e. The summed E-state index contributed by atoms with van der Waals surface area (Å²) >= 11 is 0. The number of aliphatic hydroxyl groups excluding tert-OH is 1. The third-order valence-electron chi connectivity index (χ3n) is 2.36. The smallest absolute Gasteiger partial charge is 0.223 e. The topological polar surface area (TPSA) is 58.0 Å². The molecular formula is C12H11F2N3O. The number of anilines is 1. The van der Waals surface area contributed by atoms with Gasteiger partial charge in [-0.15, -0.1) is 0 Å². The van der Waals surface area contributed by atoms with Gasteiger partial charge >= 0.3 is 0 Å². The van der Waals surface area contributed by atoms with Crippen molar-refractivity contribution in [2.24, 2.45) is 0 Å². The Morgan fingerprint density at radius 1 is 1.17 bits per heavy atom. The second kappa shape index (κ2) is 5.50. The Balaban J connectivity index is 2.17. The molecule has 0 amide bonds. The molecule has 0 saturated heterocycles. The summed E-state index contributed by atoms with van der Waals surface area (Å²) in [4.78, 5) is 7.42. The second-order valence-electron chi connectivity index (χ2n) is 3.66. The van der Waals surface area contributed by atoms with E-state index < -0.39 is 17.7 Å². The molecule has 1 aromatic carbocycles. The summed E-state index contributed by atoms with van der Waals surface area (Å²) in [5.41, 5.74) is 0.561. The van der Waals surface area contributed by atoms with Crippen molar-refractivity contribution in [2.75, 3.05) is 11.9 Å². The van der Waals surface area contributed by atoms with Crippen molar-refractivity contribution in [3.63, 3.8) is 0 Å². The predicted octanol–water partition coefficient (Wildman–Crippen LogP) is 1.90. The van der Waals surface area contributed by atoms with Crippen molar-refractivity contribution < 1.29 is 13.9 Å². The molecule has 2 aromatic rings. The third-order valence-corrected chi connectivity index (χ3v) is 2.36. The number of nitrogens with one attached hydrogen (secondary N) is 1. The van der Waals surface area contributed by atoms with Crippen molar-refractivity contribution >= 4 is 5.95 Å². The van der Waals surface area contributed by atoms with Crippen molar-refractivity contribution in [3.8, 4) is 0 Å². The first-order valence-corrected chi connectivity index (χ1v) is 5.29. The van der Waals surface area contributed by atoms with Crippen molar-refractivity contribution in [1.29, 1.82) is 0 Å². The molecule has 0 spiro atoms. The van der Waals surface area contributed by atoms with Gasteiger partial charge in [0.25, 0.3) is 0 Å². The molecule has 4 nitrogen and oxygen atoms in total. The second-order valence-corrected chi connectivity index (χ2v) is 3.66. The number of aromatic nitrogens is 2. The van der Waals surface area contributed by atoms with Crippen LogP contribution in [0, 0.1) is 11.6 Å². The first-order valence-electron chi connectivity index (χ1n) is 5.29. The highest BCUT2D eigenvalue weighted by Crippen LogP contribution is 2.17.